The first kappa shape index (κ1) is 24.2. The van der Waals surface area contributed by atoms with Gasteiger partial charge in [-0.3, -0.25) is 9.69 Å². The minimum atomic E-state index is -0.0506. The van der Waals surface area contributed by atoms with Crippen molar-refractivity contribution in [2.75, 3.05) is 18.1 Å². The zero-order valence-electron chi connectivity index (χ0n) is 20.3. The summed E-state index contributed by atoms with van der Waals surface area (Å²) in [6.45, 7) is 10.1. The number of hydrogen-bond acceptors (Lipinski definition) is 6. The number of amides is 1. The fourth-order valence-electron chi connectivity index (χ4n) is 4.11. The van der Waals surface area contributed by atoms with Crippen LogP contribution < -0.4 is 19.7 Å². The maximum Gasteiger partial charge on any atom is 0.230 e. The van der Waals surface area contributed by atoms with E-state index in [-0.39, 0.29) is 11.9 Å². The Bertz CT molecular complexity index is 1110. The van der Waals surface area contributed by atoms with Crippen molar-refractivity contribution in [1.82, 2.24) is 10.3 Å². The lowest BCUT2D eigenvalue weighted by molar-refractivity contribution is -0.115. The van der Waals surface area contributed by atoms with E-state index in [0.717, 1.165) is 41.3 Å². The summed E-state index contributed by atoms with van der Waals surface area (Å²) in [7, 11) is 0. The number of nitrogens with zero attached hydrogens (tertiary/aromatic N) is 2. The van der Waals surface area contributed by atoms with E-state index in [9.17, 15) is 4.79 Å². The number of aryl methyl sites for hydroxylation is 1. The van der Waals surface area contributed by atoms with Crippen LogP contribution in [-0.4, -0.2) is 24.1 Å². The van der Waals surface area contributed by atoms with E-state index >= 15 is 0 Å². The molecule has 3 aromatic rings. The summed E-state index contributed by atoms with van der Waals surface area (Å²) in [5.41, 5.74) is 4.16. The number of rotatable bonds is 8. The van der Waals surface area contributed by atoms with Crippen LogP contribution in [0.2, 0.25) is 0 Å². The van der Waals surface area contributed by atoms with Gasteiger partial charge in [-0.1, -0.05) is 39.0 Å². The molecule has 34 heavy (non-hydrogen) atoms. The minimum Gasteiger partial charge on any atom is -0.490 e. The third-order valence-electron chi connectivity index (χ3n) is 5.95. The average molecular weight is 480 g/mol. The first-order valence-electron chi connectivity index (χ1n) is 11.9. The molecule has 0 radical (unpaired) electrons. The van der Waals surface area contributed by atoms with Crippen LogP contribution in [0.4, 0.5) is 10.8 Å². The van der Waals surface area contributed by atoms with E-state index in [2.05, 4.69) is 50.4 Å². The summed E-state index contributed by atoms with van der Waals surface area (Å²) in [4.78, 5) is 18.9. The van der Waals surface area contributed by atoms with Crippen LogP contribution >= 0.6 is 11.3 Å². The van der Waals surface area contributed by atoms with Crippen LogP contribution in [0.25, 0.3) is 0 Å². The standard InChI is InChI=1S/C27H33N3O3S/c1-5-20-7-10-23(11-8-20)30(19(4)31)27-29-22(17-34-27)16-28-26(18(2)3)21-9-12-24-25(15-21)33-14-6-13-32-24/h7-12,15,17-18,26,28H,5-6,13-14,16H2,1-4H3/t26-/m0/s1. The van der Waals surface area contributed by atoms with Crippen LogP contribution in [0.15, 0.2) is 47.8 Å². The number of ether oxygens (including phenoxy) is 2. The highest BCUT2D eigenvalue weighted by atomic mass is 32.1. The van der Waals surface area contributed by atoms with Crippen molar-refractivity contribution >= 4 is 28.1 Å². The zero-order valence-corrected chi connectivity index (χ0v) is 21.2. The Labute approximate surface area is 205 Å². The number of benzene rings is 2. The lowest BCUT2D eigenvalue weighted by Crippen LogP contribution is -2.26. The summed E-state index contributed by atoms with van der Waals surface area (Å²) in [5, 5.41) is 6.36. The van der Waals surface area contributed by atoms with Crippen molar-refractivity contribution in [1.29, 1.82) is 0 Å². The molecule has 1 aromatic heterocycles. The predicted molar refractivity (Wildman–Crippen MR) is 137 cm³/mol. The fourth-order valence-corrected chi connectivity index (χ4v) is 5.00. The van der Waals surface area contributed by atoms with E-state index in [0.29, 0.717) is 30.8 Å². The minimum absolute atomic E-state index is 0.0506. The third-order valence-corrected chi connectivity index (χ3v) is 6.82. The van der Waals surface area contributed by atoms with Crippen molar-refractivity contribution < 1.29 is 14.3 Å². The number of nitrogens with one attached hydrogen (secondary N) is 1. The summed E-state index contributed by atoms with van der Waals surface area (Å²) in [5.74, 6) is 1.94. The number of thiazole rings is 1. The summed E-state index contributed by atoms with van der Waals surface area (Å²) >= 11 is 1.49. The number of carbonyl (C=O) groups is 1. The number of fused-ring (bicyclic) bond motifs is 1. The Morgan fingerprint density at radius 2 is 1.85 bits per heavy atom. The topological polar surface area (TPSA) is 63.7 Å². The van der Waals surface area contributed by atoms with Gasteiger partial charge < -0.3 is 14.8 Å². The van der Waals surface area contributed by atoms with Crippen molar-refractivity contribution in [3.8, 4) is 11.5 Å². The Balaban J connectivity index is 1.49. The van der Waals surface area contributed by atoms with Crippen LogP contribution in [-0.2, 0) is 17.8 Å². The molecule has 0 spiro atoms. The van der Waals surface area contributed by atoms with Gasteiger partial charge in [0.2, 0.25) is 5.91 Å². The highest BCUT2D eigenvalue weighted by molar-refractivity contribution is 7.14. The molecule has 0 fully saturated rings. The first-order valence-corrected chi connectivity index (χ1v) is 12.8. The monoisotopic (exact) mass is 479 g/mol. The number of carbonyl (C=O) groups excluding carboxylic acids is 1. The van der Waals surface area contributed by atoms with Crippen LogP contribution in [0, 0.1) is 5.92 Å². The first-order chi connectivity index (χ1) is 16.5. The molecule has 4 rings (SSSR count). The van der Waals surface area contributed by atoms with Gasteiger partial charge in [-0.05, 0) is 47.7 Å². The molecule has 0 bridgehead atoms. The molecule has 2 aromatic carbocycles. The summed E-state index contributed by atoms with van der Waals surface area (Å²) < 4.78 is 11.7. The lowest BCUT2D eigenvalue weighted by atomic mass is 9.95. The highest BCUT2D eigenvalue weighted by Crippen LogP contribution is 2.35. The fraction of sp³-hybridized carbons (Fsp3) is 0.407. The van der Waals surface area contributed by atoms with E-state index in [1.165, 1.54) is 16.9 Å². The summed E-state index contributed by atoms with van der Waals surface area (Å²) in [6, 6.07) is 14.4. The van der Waals surface area contributed by atoms with Gasteiger partial charge in [0.15, 0.2) is 16.6 Å². The maximum atomic E-state index is 12.4. The molecule has 1 N–H and O–H groups in total. The molecule has 0 aliphatic carbocycles. The van der Waals surface area contributed by atoms with E-state index < -0.39 is 0 Å². The quantitative estimate of drug-likeness (QED) is 0.427. The van der Waals surface area contributed by atoms with E-state index in [1.807, 2.05) is 23.6 Å². The normalized spacial score (nSPS) is 14.0. The molecule has 6 nitrogen and oxygen atoms in total. The molecule has 1 aliphatic heterocycles. The second-order valence-electron chi connectivity index (χ2n) is 8.86. The highest BCUT2D eigenvalue weighted by Gasteiger charge is 2.21. The second-order valence-corrected chi connectivity index (χ2v) is 9.69. The van der Waals surface area contributed by atoms with Gasteiger partial charge in [0.1, 0.15) is 0 Å². The lowest BCUT2D eigenvalue weighted by Gasteiger charge is -2.23. The van der Waals surface area contributed by atoms with Crippen LogP contribution in [0.5, 0.6) is 11.5 Å². The second kappa shape index (κ2) is 11.0. The van der Waals surface area contributed by atoms with Gasteiger partial charge in [-0.25, -0.2) is 4.98 Å². The van der Waals surface area contributed by atoms with Gasteiger partial charge in [-0.2, -0.15) is 0 Å². The number of aromatic nitrogens is 1. The van der Waals surface area contributed by atoms with Gasteiger partial charge in [0.25, 0.3) is 0 Å². The van der Waals surface area contributed by atoms with E-state index in [4.69, 9.17) is 14.5 Å². The van der Waals surface area contributed by atoms with Gasteiger partial charge in [0.05, 0.1) is 24.6 Å². The molecule has 7 heteroatoms. The van der Waals surface area contributed by atoms with Crippen molar-refractivity contribution in [2.45, 2.75) is 53.1 Å². The van der Waals surface area contributed by atoms with Crippen LogP contribution in [0.1, 0.15) is 57.0 Å². The van der Waals surface area contributed by atoms with Crippen molar-refractivity contribution in [3.63, 3.8) is 0 Å². The molecule has 0 unspecified atom stereocenters. The predicted octanol–water partition coefficient (Wildman–Crippen LogP) is 6.04. The van der Waals surface area contributed by atoms with Crippen molar-refractivity contribution in [2.24, 2.45) is 5.92 Å². The SMILES string of the molecule is CCc1ccc(N(C(C)=O)c2nc(CN[C@H](c3ccc4c(c3)OCCCO4)C(C)C)cs2)cc1. The van der Waals surface area contributed by atoms with Crippen LogP contribution in [0.3, 0.4) is 0 Å². The van der Waals surface area contributed by atoms with Gasteiger partial charge in [-0.15, -0.1) is 11.3 Å². The third kappa shape index (κ3) is 5.59. The Morgan fingerprint density at radius 1 is 1.12 bits per heavy atom. The molecule has 1 amide bonds. The molecule has 0 saturated heterocycles. The zero-order chi connectivity index (χ0) is 24.1. The largest absolute Gasteiger partial charge is 0.490 e. The molecule has 1 atom stereocenters. The van der Waals surface area contributed by atoms with Crippen molar-refractivity contribution in [3.05, 3.63) is 64.7 Å². The Hall–Kier alpha value is -2.90. The van der Waals surface area contributed by atoms with E-state index in [1.54, 1.807) is 11.8 Å². The maximum absolute atomic E-state index is 12.4. The molecular weight excluding hydrogens is 446 g/mol. The number of anilines is 2. The molecule has 0 saturated carbocycles. The average Bonchev–Trinajstić information content (AvgIpc) is 3.15. The molecular formula is C27H33N3O3S. The summed E-state index contributed by atoms with van der Waals surface area (Å²) in [6.07, 6.45) is 1.86. The Kier molecular flexibility index (Phi) is 7.85. The van der Waals surface area contributed by atoms with Gasteiger partial charge >= 0.3 is 0 Å². The molecule has 2 heterocycles. The smallest absolute Gasteiger partial charge is 0.230 e. The molecule has 1 aliphatic rings. The Morgan fingerprint density at radius 3 is 2.53 bits per heavy atom. The van der Waals surface area contributed by atoms with Gasteiger partial charge in [0, 0.05) is 31.3 Å². The molecule has 180 valence electrons. The number of hydrogen-bond donors (Lipinski definition) is 1.